The van der Waals surface area contributed by atoms with Crippen LogP contribution in [0.3, 0.4) is 0 Å². The highest BCUT2D eigenvalue weighted by atomic mass is 32.1. The molecule has 8 heteroatoms. The summed E-state index contributed by atoms with van der Waals surface area (Å²) in [6.07, 6.45) is 1.41. The summed E-state index contributed by atoms with van der Waals surface area (Å²) in [5, 5.41) is 2.86. The predicted octanol–water partition coefficient (Wildman–Crippen LogP) is 3.01. The highest BCUT2D eigenvalue weighted by Gasteiger charge is 2.16. The van der Waals surface area contributed by atoms with Crippen molar-refractivity contribution in [1.82, 2.24) is 15.8 Å². The van der Waals surface area contributed by atoms with Crippen LogP contribution in [0.15, 0.2) is 46.4 Å². The number of thiazole rings is 1. The topological polar surface area (TPSA) is 93.5 Å². The second-order valence-corrected chi connectivity index (χ2v) is 6.50. The molecule has 0 fully saturated rings. The van der Waals surface area contributed by atoms with Crippen LogP contribution in [0.25, 0.3) is 0 Å². The van der Waals surface area contributed by atoms with E-state index in [0.29, 0.717) is 22.6 Å². The summed E-state index contributed by atoms with van der Waals surface area (Å²) in [5.41, 5.74) is 6.21. The number of ether oxygens (including phenoxy) is 1. The van der Waals surface area contributed by atoms with Crippen molar-refractivity contribution in [1.29, 1.82) is 0 Å². The number of nitrogens with one attached hydrogen (secondary N) is 2. The van der Waals surface area contributed by atoms with E-state index in [4.69, 9.17) is 9.15 Å². The van der Waals surface area contributed by atoms with Crippen LogP contribution in [-0.2, 0) is 6.61 Å². The Morgan fingerprint density at radius 1 is 1.12 bits per heavy atom. The average Bonchev–Trinajstić information content (AvgIpc) is 3.26. The molecule has 3 rings (SSSR count). The van der Waals surface area contributed by atoms with Gasteiger partial charge in [-0.15, -0.1) is 11.3 Å². The molecule has 3 aromatic rings. The Bertz CT molecular complexity index is 932. The normalized spacial score (nSPS) is 10.4. The zero-order valence-electron chi connectivity index (χ0n) is 14.2. The molecule has 0 atom stereocenters. The van der Waals surface area contributed by atoms with Gasteiger partial charge in [-0.2, -0.15) is 0 Å². The first kappa shape index (κ1) is 17.7. The van der Waals surface area contributed by atoms with E-state index in [1.165, 1.54) is 23.7 Å². The molecule has 1 aromatic carbocycles. The molecular formula is C18H17N3O4S. The molecule has 0 aliphatic heterocycles. The Kier molecular flexibility index (Phi) is 5.33. The second-order valence-electron chi connectivity index (χ2n) is 5.44. The standard InChI is InChI=1S/C18H17N3O4S/c1-11-14(7-8-24-11)17(22)20-21-18(23)15-5-3-4-6-16(15)25-9-13-10-26-12(2)19-13/h3-8,10H,9H2,1-2H3,(H,20,22)(H,21,23). The highest BCUT2D eigenvalue weighted by molar-refractivity contribution is 7.09. The third-order valence-electron chi connectivity index (χ3n) is 3.57. The number of amides is 2. The van der Waals surface area contributed by atoms with Gasteiger partial charge in [-0.1, -0.05) is 12.1 Å². The molecule has 26 heavy (non-hydrogen) atoms. The fourth-order valence-corrected chi connectivity index (χ4v) is 2.87. The molecule has 2 heterocycles. The van der Waals surface area contributed by atoms with E-state index in [1.54, 1.807) is 31.2 Å². The van der Waals surface area contributed by atoms with Gasteiger partial charge in [-0.25, -0.2) is 4.98 Å². The fraction of sp³-hybridized carbons (Fsp3) is 0.167. The molecule has 0 aliphatic carbocycles. The minimum absolute atomic E-state index is 0.259. The smallest absolute Gasteiger partial charge is 0.273 e. The van der Waals surface area contributed by atoms with E-state index in [-0.39, 0.29) is 6.61 Å². The Balaban J connectivity index is 1.63. The molecule has 0 aliphatic rings. The van der Waals surface area contributed by atoms with Gasteiger partial charge < -0.3 is 9.15 Å². The van der Waals surface area contributed by atoms with E-state index in [9.17, 15) is 9.59 Å². The third-order valence-corrected chi connectivity index (χ3v) is 4.39. The monoisotopic (exact) mass is 371 g/mol. The molecule has 7 nitrogen and oxygen atoms in total. The van der Waals surface area contributed by atoms with E-state index in [0.717, 1.165) is 10.7 Å². The summed E-state index contributed by atoms with van der Waals surface area (Å²) in [5.74, 6) is -0.0612. The Hall–Kier alpha value is -3.13. The van der Waals surface area contributed by atoms with Crippen molar-refractivity contribution >= 4 is 23.2 Å². The Labute approximate surface area is 154 Å². The van der Waals surface area contributed by atoms with E-state index < -0.39 is 11.8 Å². The van der Waals surface area contributed by atoms with Gasteiger partial charge >= 0.3 is 0 Å². The van der Waals surface area contributed by atoms with Crippen LogP contribution in [0.4, 0.5) is 0 Å². The number of hydrazine groups is 1. The maximum absolute atomic E-state index is 12.4. The number of aromatic nitrogens is 1. The van der Waals surface area contributed by atoms with Crippen molar-refractivity contribution in [2.75, 3.05) is 0 Å². The lowest BCUT2D eigenvalue weighted by Gasteiger charge is -2.11. The first-order valence-electron chi connectivity index (χ1n) is 7.82. The summed E-state index contributed by atoms with van der Waals surface area (Å²) in [7, 11) is 0. The number of rotatable bonds is 5. The lowest BCUT2D eigenvalue weighted by Crippen LogP contribution is -2.41. The number of aryl methyl sites for hydroxylation is 2. The molecule has 0 unspecified atom stereocenters. The minimum atomic E-state index is -0.482. The number of hydrogen-bond acceptors (Lipinski definition) is 6. The molecular weight excluding hydrogens is 354 g/mol. The number of carbonyl (C=O) groups excluding carboxylic acids is 2. The molecule has 0 bridgehead atoms. The van der Waals surface area contributed by atoms with Gasteiger partial charge in [0.2, 0.25) is 0 Å². The first-order chi connectivity index (χ1) is 12.5. The largest absolute Gasteiger partial charge is 0.486 e. The Morgan fingerprint density at radius 2 is 1.85 bits per heavy atom. The quantitative estimate of drug-likeness (QED) is 0.673. The summed E-state index contributed by atoms with van der Waals surface area (Å²) in [6.45, 7) is 3.84. The van der Waals surface area contributed by atoms with Crippen molar-refractivity contribution in [2.24, 2.45) is 0 Å². The Morgan fingerprint density at radius 3 is 2.50 bits per heavy atom. The van der Waals surface area contributed by atoms with Gasteiger partial charge in [0.1, 0.15) is 18.1 Å². The van der Waals surface area contributed by atoms with Crippen LogP contribution in [0, 0.1) is 13.8 Å². The summed E-state index contributed by atoms with van der Waals surface area (Å²) in [4.78, 5) is 28.8. The number of nitrogens with zero attached hydrogens (tertiary/aromatic N) is 1. The van der Waals surface area contributed by atoms with Crippen LogP contribution >= 0.6 is 11.3 Å². The summed E-state index contributed by atoms with van der Waals surface area (Å²) < 4.78 is 10.8. The highest BCUT2D eigenvalue weighted by Crippen LogP contribution is 2.20. The number of benzene rings is 1. The predicted molar refractivity (Wildman–Crippen MR) is 96.0 cm³/mol. The minimum Gasteiger partial charge on any atom is -0.486 e. The molecule has 134 valence electrons. The van der Waals surface area contributed by atoms with E-state index >= 15 is 0 Å². The summed E-state index contributed by atoms with van der Waals surface area (Å²) in [6, 6.07) is 8.33. The van der Waals surface area contributed by atoms with Gasteiger partial charge in [0.05, 0.1) is 28.1 Å². The lowest BCUT2D eigenvalue weighted by molar-refractivity contribution is 0.0843. The number of para-hydroxylation sites is 1. The zero-order valence-corrected chi connectivity index (χ0v) is 15.1. The van der Waals surface area contributed by atoms with Gasteiger partial charge in [-0.3, -0.25) is 20.4 Å². The van der Waals surface area contributed by atoms with Crippen molar-refractivity contribution < 1.29 is 18.7 Å². The van der Waals surface area contributed by atoms with Crippen LogP contribution in [0.1, 0.15) is 37.2 Å². The van der Waals surface area contributed by atoms with Crippen LogP contribution < -0.4 is 15.6 Å². The summed E-state index contributed by atoms with van der Waals surface area (Å²) >= 11 is 1.54. The molecule has 0 saturated heterocycles. The van der Waals surface area contributed by atoms with Crippen molar-refractivity contribution in [3.63, 3.8) is 0 Å². The van der Waals surface area contributed by atoms with Crippen LogP contribution in [0.2, 0.25) is 0 Å². The molecule has 2 aromatic heterocycles. The van der Waals surface area contributed by atoms with E-state index in [1.807, 2.05) is 12.3 Å². The van der Waals surface area contributed by atoms with Gasteiger partial charge in [0.15, 0.2) is 0 Å². The first-order valence-corrected chi connectivity index (χ1v) is 8.70. The third kappa shape index (κ3) is 4.09. The lowest BCUT2D eigenvalue weighted by atomic mass is 10.2. The van der Waals surface area contributed by atoms with Crippen molar-refractivity contribution in [3.8, 4) is 5.75 Å². The van der Waals surface area contributed by atoms with E-state index in [2.05, 4.69) is 15.8 Å². The zero-order chi connectivity index (χ0) is 18.5. The molecule has 0 radical (unpaired) electrons. The maximum Gasteiger partial charge on any atom is 0.273 e. The van der Waals surface area contributed by atoms with Crippen molar-refractivity contribution in [3.05, 3.63) is 69.6 Å². The number of furan rings is 1. The van der Waals surface area contributed by atoms with Crippen LogP contribution in [0.5, 0.6) is 5.75 Å². The fourth-order valence-electron chi connectivity index (χ4n) is 2.28. The second kappa shape index (κ2) is 7.83. The van der Waals surface area contributed by atoms with Gasteiger partial charge in [0, 0.05) is 5.38 Å². The van der Waals surface area contributed by atoms with Crippen molar-refractivity contribution in [2.45, 2.75) is 20.5 Å². The molecule has 0 spiro atoms. The number of hydrogen-bond donors (Lipinski definition) is 2. The maximum atomic E-state index is 12.4. The van der Waals surface area contributed by atoms with Crippen LogP contribution in [-0.4, -0.2) is 16.8 Å². The molecule has 0 saturated carbocycles. The SMILES string of the molecule is Cc1nc(COc2ccccc2C(=O)NNC(=O)c2ccoc2C)cs1. The molecule has 2 amide bonds. The van der Waals surface area contributed by atoms with Gasteiger partial charge in [-0.05, 0) is 32.0 Å². The average molecular weight is 371 g/mol. The molecule has 2 N–H and O–H groups in total. The van der Waals surface area contributed by atoms with Gasteiger partial charge in [0.25, 0.3) is 11.8 Å². The number of carbonyl (C=O) groups is 2.